The van der Waals surface area contributed by atoms with Crippen LogP contribution in [0.2, 0.25) is 0 Å². The van der Waals surface area contributed by atoms with Gasteiger partial charge in [-0.3, -0.25) is 4.79 Å². The zero-order valence-electron chi connectivity index (χ0n) is 11.4. The molecule has 1 fully saturated rings. The summed E-state index contributed by atoms with van der Waals surface area (Å²) in [4.78, 5) is 14.4. The molecule has 2 N–H and O–H groups in total. The third-order valence-electron chi connectivity index (χ3n) is 3.42. The van der Waals surface area contributed by atoms with Gasteiger partial charge >= 0.3 is 0 Å². The van der Waals surface area contributed by atoms with Crippen LogP contribution in [0.25, 0.3) is 0 Å². The van der Waals surface area contributed by atoms with Gasteiger partial charge in [0, 0.05) is 12.6 Å². The Balaban J connectivity index is 1.97. The van der Waals surface area contributed by atoms with Crippen molar-refractivity contribution >= 4 is 17.7 Å². The number of nitrogens with zero attached hydrogens (tertiary/aromatic N) is 1. The van der Waals surface area contributed by atoms with E-state index >= 15 is 0 Å². The van der Waals surface area contributed by atoms with Crippen molar-refractivity contribution in [2.24, 2.45) is 5.73 Å². The number of carbonyl (C=O) groups is 1. The molecule has 0 aromatic heterocycles. The second-order valence-corrected chi connectivity index (χ2v) is 6.06. The third kappa shape index (κ3) is 4.25. The topological polar surface area (TPSA) is 46.3 Å². The van der Waals surface area contributed by atoms with Gasteiger partial charge in [0.05, 0.1) is 6.04 Å². The molecule has 1 amide bonds. The minimum atomic E-state index is -0.350. The molecule has 0 radical (unpaired) electrons. The number of amides is 1. The Morgan fingerprint density at radius 1 is 1.42 bits per heavy atom. The van der Waals surface area contributed by atoms with E-state index in [4.69, 9.17) is 5.73 Å². The fourth-order valence-electron chi connectivity index (χ4n) is 2.13. The largest absolute Gasteiger partial charge is 0.334 e. The zero-order chi connectivity index (χ0) is 13.7. The Bertz CT molecular complexity index is 406. The molecule has 0 bridgehead atoms. The molecule has 4 heteroatoms. The fourth-order valence-corrected chi connectivity index (χ4v) is 2.62. The Hall–Kier alpha value is -1.00. The van der Waals surface area contributed by atoms with Gasteiger partial charge in [-0.1, -0.05) is 30.3 Å². The Labute approximate surface area is 119 Å². The van der Waals surface area contributed by atoms with E-state index in [9.17, 15) is 4.79 Å². The molecule has 0 unspecified atom stereocenters. The van der Waals surface area contributed by atoms with Gasteiger partial charge in [0.25, 0.3) is 0 Å². The molecule has 0 saturated heterocycles. The lowest BCUT2D eigenvalue weighted by atomic mass is 10.1. The van der Waals surface area contributed by atoms with Crippen LogP contribution in [0.5, 0.6) is 0 Å². The molecule has 1 saturated carbocycles. The van der Waals surface area contributed by atoms with Gasteiger partial charge in [-0.05, 0) is 36.8 Å². The maximum atomic E-state index is 12.4. The average molecular weight is 278 g/mol. The summed E-state index contributed by atoms with van der Waals surface area (Å²) in [5.41, 5.74) is 7.20. The van der Waals surface area contributed by atoms with Crippen LogP contribution >= 0.6 is 11.8 Å². The van der Waals surface area contributed by atoms with Crippen molar-refractivity contribution in [2.45, 2.75) is 37.9 Å². The van der Waals surface area contributed by atoms with Gasteiger partial charge in [-0.2, -0.15) is 11.8 Å². The first kappa shape index (κ1) is 14.4. The van der Waals surface area contributed by atoms with Crippen LogP contribution in [0, 0.1) is 0 Å². The van der Waals surface area contributed by atoms with Gasteiger partial charge in [0.1, 0.15) is 0 Å². The Morgan fingerprint density at radius 2 is 2.11 bits per heavy atom. The van der Waals surface area contributed by atoms with E-state index in [1.165, 1.54) is 5.56 Å². The molecule has 104 valence electrons. The summed E-state index contributed by atoms with van der Waals surface area (Å²) in [5.74, 6) is 1.05. The van der Waals surface area contributed by atoms with E-state index in [1.54, 1.807) is 11.8 Å². The SMILES string of the molecule is CSCC[C@@H](N)C(=O)N(Cc1ccccc1)C1CC1. The summed E-state index contributed by atoms with van der Waals surface area (Å²) in [6.07, 6.45) is 5.04. The van der Waals surface area contributed by atoms with Crippen molar-refractivity contribution in [1.29, 1.82) is 0 Å². The number of benzene rings is 1. The first-order valence-electron chi connectivity index (χ1n) is 6.81. The summed E-state index contributed by atoms with van der Waals surface area (Å²) < 4.78 is 0. The summed E-state index contributed by atoms with van der Waals surface area (Å²) in [6.45, 7) is 0.692. The lowest BCUT2D eigenvalue weighted by molar-refractivity contribution is -0.133. The van der Waals surface area contributed by atoms with Crippen LogP contribution in [0.3, 0.4) is 0 Å². The van der Waals surface area contributed by atoms with E-state index in [2.05, 4.69) is 12.1 Å². The van der Waals surface area contributed by atoms with Crippen LogP contribution in [0.15, 0.2) is 30.3 Å². The number of rotatable bonds is 7. The predicted molar refractivity (Wildman–Crippen MR) is 81.0 cm³/mol. The number of nitrogens with two attached hydrogens (primary N) is 1. The van der Waals surface area contributed by atoms with E-state index in [-0.39, 0.29) is 11.9 Å². The molecule has 3 nitrogen and oxygen atoms in total. The van der Waals surface area contributed by atoms with Gasteiger partial charge in [0.15, 0.2) is 0 Å². The Morgan fingerprint density at radius 3 is 2.68 bits per heavy atom. The maximum Gasteiger partial charge on any atom is 0.240 e. The molecule has 19 heavy (non-hydrogen) atoms. The molecule has 1 aromatic rings. The van der Waals surface area contributed by atoms with Crippen molar-refractivity contribution < 1.29 is 4.79 Å². The number of hydrogen-bond acceptors (Lipinski definition) is 3. The van der Waals surface area contributed by atoms with E-state index in [1.807, 2.05) is 29.4 Å². The van der Waals surface area contributed by atoms with Crippen LogP contribution in [-0.4, -0.2) is 34.9 Å². The van der Waals surface area contributed by atoms with Crippen molar-refractivity contribution in [3.8, 4) is 0 Å². The smallest absolute Gasteiger partial charge is 0.240 e. The molecule has 1 atom stereocenters. The summed E-state index contributed by atoms with van der Waals surface area (Å²) in [7, 11) is 0. The number of hydrogen-bond donors (Lipinski definition) is 1. The predicted octanol–water partition coefficient (Wildman–Crippen LogP) is 2.26. The highest BCUT2D eigenvalue weighted by Crippen LogP contribution is 2.29. The Kier molecular flexibility index (Phi) is 5.28. The summed E-state index contributed by atoms with van der Waals surface area (Å²) in [6, 6.07) is 10.2. The normalized spacial score (nSPS) is 16.1. The van der Waals surface area contributed by atoms with Crippen molar-refractivity contribution in [3.05, 3.63) is 35.9 Å². The number of carbonyl (C=O) groups excluding carboxylic acids is 1. The minimum absolute atomic E-state index is 0.111. The van der Waals surface area contributed by atoms with Gasteiger partial charge < -0.3 is 10.6 Å². The molecule has 0 aliphatic heterocycles. The van der Waals surface area contributed by atoms with Crippen molar-refractivity contribution in [1.82, 2.24) is 4.90 Å². The van der Waals surface area contributed by atoms with Crippen LogP contribution in [0.4, 0.5) is 0 Å². The van der Waals surface area contributed by atoms with Crippen LogP contribution < -0.4 is 5.73 Å². The maximum absolute atomic E-state index is 12.4. The number of thioether (sulfide) groups is 1. The molecular formula is C15H22N2OS. The monoisotopic (exact) mass is 278 g/mol. The molecule has 0 spiro atoms. The third-order valence-corrected chi connectivity index (χ3v) is 4.06. The fraction of sp³-hybridized carbons (Fsp3) is 0.533. The highest BCUT2D eigenvalue weighted by atomic mass is 32.2. The summed E-state index contributed by atoms with van der Waals surface area (Å²) in [5, 5.41) is 0. The van der Waals surface area contributed by atoms with E-state index in [0.29, 0.717) is 12.6 Å². The van der Waals surface area contributed by atoms with E-state index in [0.717, 1.165) is 25.0 Å². The molecule has 0 heterocycles. The molecule has 1 aliphatic rings. The van der Waals surface area contributed by atoms with Gasteiger partial charge in [0.2, 0.25) is 5.91 Å². The summed E-state index contributed by atoms with van der Waals surface area (Å²) >= 11 is 1.74. The first-order valence-corrected chi connectivity index (χ1v) is 8.20. The van der Waals surface area contributed by atoms with Crippen LogP contribution in [-0.2, 0) is 11.3 Å². The lowest BCUT2D eigenvalue weighted by Gasteiger charge is -2.25. The molecule has 1 aliphatic carbocycles. The highest BCUT2D eigenvalue weighted by molar-refractivity contribution is 7.98. The molecule has 1 aromatic carbocycles. The molecular weight excluding hydrogens is 256 g/mol. The standard InChI is InChI=1S/C15H22N2OS/c1-19-10-9-14(16)15(18)17(13-7-8-13)11-12-5-3-2-4-6-12/h2-6,13-14H,7-11,16H2,1H3/t14-/m1/s1. The second kappa shape index (κ2) is 6.96. The van der Waals surface area contributed by atoms with Gasteiger partial charge in [-0.25, -0.2) is 0 Å². The first-order chi connectivity index (χ1) is 9.22. The minimum Gasteiger partial charge on any atom is -0.334 e. The lowest BCUT2D eigenvalue weighted by Crippen LogP contribution is -2.44. The zero-order valence-corrected chi connectivity index (χ0v) is 12.2. The van der Waals surface area contributed by atoms with Crippen molar-refractivity contribution in [2.75, 3.05) is 12.0 Å². The van der Waals surface area contributed by atoms with E-state index < -0.39 is 0 Å². The quantitative estimate of drug-likeness (QED) is 0.832. The van der Waals surface area contributed by atoms with Crippen molar-refractivity contribution in [3.63, 3.8) is 0 Å². The van der Waals surface area contributed by atoms with Gasteiger partial charge in [-0.15, -0.1) is 0 Å². The molecule has 2 rings (SSSR count). The van der Waals surface area contributed by atoms with Crippen LogP contribution in [0.1, 0.15) is 24.8 Å². The second-order valence-electron chi connectivity index (χ2n) is 5.07. The highest BCUT2D eigenvalue weighted by Gasteiger charge is 2.34. The average Bonchev–Trinajstić information content (AvgIpc) is 3.27.